The predicted octanol–water partition coefficient (Wildman–Crippen LogP) is -6.72. The molecule has 1 fully saturated rings. The average Bonchev–Trinajstić information content (AvgIpc) is 1.93. The molecule has 5 nitrogen and oxygen atoms in total. The third kappa shape index (κ3) is 18.1. The predicted molar refractivity (Wildman–Crippen MR) is 32.4 cm³/mol. The van der Waals surface area contributed by atoms with Crippen LogP contribution in [0, 0.1) is 0 Å². The molecule has 0 unspecified atom stereocenters. The summed E-state index contributed by atoms with van der Waals surface area (Å²) in [6.07, 6.45) is 0. The smallest absolute Gasteiger partial charge is 0.870 e. The minimum atomic E-state index is -0.250. The maximum atomic E-state index is 8.36. The van der Waals surface area contributed by atoms with Gasteiger partial charge < -0.3 is 25.6 Å². The van der Waals surface area contributed by atoms with Gasteiger partial charge in [0.25, 0.3) is 0 Å². The van der Waals surface area contributed by atoms with Gasteiger partial charge in [-0.3, -0.25) is 0 Å². The van der Waals surface area contributed by atoms with Crippen LogP contribution in [0.2, 0.25) is 0 Å². The van der Waals surface area contributed by atoms with Gasteiger partial charge in [-0.05, 0) is 0 Å². The molecule has 7 heteroatoms. The van der Waals surface area contributed by atoms with Gasteiger partial charge in [-0.15, -0.1) is 0 Å². The molecule has 0 saturated carbocycles. The van der Waals surface area contributed by atoms with E-state index in [4.69, 9.17) is 14.8 Å². The molecule has 1 rings (SSSR count). The molecule has 61 valence electrons. The van der Waals surface area contributed by atoms with Gasteiger partial charge in [0.2, 0.25) is 0 Å². The third-order valence-electron chi connectivity index (χ3n) is 0.933. The van der Waals surface area contributed by atoms with Gasteiger partial charge in [-0.2, -0.15) is 0 Å². The molecule has 0 aromatic heterocycles. The number of morpholine rings is 1. The van der Waals surface area contributed by atoms with Crippen molar-refractivity contribution < 1.29 is 55.1 Å². The first-order valence-corrected chi connectivity index (χ1v) is 2.89. The van der Waals surface area contributed by atoms with E-state index in [0.29, 0.717) is 0 Å². The van der Waals surface area contributed by atoms with E-state index in [-0.39, 0.29) is 42.7 Å². The number of quaternary nitrogens is 1. The van der Waals surface area contributed by atoms with Crippen molar-refractivity contribution in [2.75, 3.05) is 26.3 Å². The van der Waals surface area contributed by atoms with Crippen LogP contribution in [0.4, 0.5) is 0 Å². The maximum absolute atomic E-state index is 8.36. The Morgan fingerprint density at radius 1 is 1.36 bits per heavy atom. The minimum Gasteiger partial charge on any atom is -0.870 e. The van der Waals surface area contributed by atoms with Crippen LogP contribution in [-0.2, 0) is 4.74 Å². The summed E-state index contributed by atoms with van der Waals surface area (Å²) in [7, 11) is -0.250. The topological polar surface area (TPSA) is 99.1 Å². The van der Waals surface area contributed by atoms with E-state index in [1.165, 1.54) is 0 Å². The normalized spacial score (nSPS) is 14.4. The van der Waals surface area contributed by atoms with Crippen molar-refractivity contribution in [1.29, 1.82) is 0 Å². The summed E-state index contributed by atoms with van der Waals surface area (Å²) in [5.41, 5.74) is 0. The first kappa shape index (κ1) is 17.8. The molecule has 0 atom stereocenters. The minimum absolute atomic E-state index is 0. The van der Waals surface area contributed by atoms with Gasteiger partial charge in [0, 0.05) is 0 Å². The summed E-state index contributed by atoms with van der Waals surface area (Å²) in [4.78, 5) is 0. The zero-order chi connectivity index (χ0) is 6.95. The summed E-state index contributed by atoms with van der Waals surface area (Å²) in [5, 5.41) is 17.5. The third-order valence-corrected chi connectivity index (χ3v) is 0.933. The van der Waals surface area contributed by atoms with Crippen molar-refractivity contribution >= 4 is 7.69 Å². The SMILES string of the molecule is C1COCC[NH2+]1.[Na+].[O-][B]O.[OH-]. The summed E-state index contributed by atoms with van der Waals surface area (Å²) >= 11 is 0. The Kier molecular flexibility index (Phi) is 27.7. The van der Waals surface area contributed by atoms with Crippen LogP contribution >= 0.6 is 0 Å². The first-order valence-electron chi connectivity index (χ1n) is 2.89. The molecule has 1 heterocycles. The van der Waals surface area contributed by atoms with Crippen molar-refractivity contribution in [3.8, 4) is 0 Å². The van der Waals surface area contributed by atoms with Crippen LogP contribution in [0.15, 0.2) is 0 Å². The molecule has 0 spiro atoms. The molecular weight excluding hydrogens is 160 g/mol. The summed E-state index contributed by atoms with van der Waals surface area (Å²) in [6.45, 7) is 4.19. The van der Waals surface area contributed by atoms with Crippen LogP contribution in [-0.4, -0.2) is 44.5 Å². The number of rotatable bonds is 0. The molecule has 4 N–H and O–H groups in total. The molecule has 1 aliphatic heterocycles. The number of hydrogen-bond donors (Lipinski definition) is 2. The zero-order valence-corrected chi connectivity index (χ0v) is 8.69. The molecule has 0 bridgehead atoms. The fourth-order valence-electron chi connectivity index (χ4n) is 0.580. The van der Waals surface area contributed by atoms with Crippen LogP contribution < -0.4 is 39.9 Å². The average molecular weight is 172 g/mol. The summed E-state index contributed by atoms with van der Waals surface area (Å²) in [6, 6.07) is 0. The van der Waals surface area contributed by atoms with Gasteiger partial charge >= 0.3 is 29.6 Å². The van der Waals surface area contributed by atoms with Gasteiger partial charge in [0.1, 0.15) is 0 Å². The Hall–Kier alpha value is 0.865. The maximum Gasteiger partial charge on any atom is 1.00 e. The van der Waals surface area contributed by atoms with Crippen molar-refractivity contribution in [3.05, 3.63) is 0 Å². The Morgan fingerprint density at radius 2 is 1.73 bits per heavy atom. The van der Waals surface area contributed by atoms with E-state index in [0.717, 1.165) is 26.3 Å². The van der Waals surface area contributed by atoms with Gasteiger partial charge in [-0.1, -0.05) is 0 Å². The quantitative estimate of drug-likeness (QED) is 0.354. The van der Waals surface area contributed by atoms with Crippen LogP contribution in [0.3, 0.4) is 0 Å². The Labute approximate surface area is 89.0 Å². The number of hydrogen-bond acceptors (Lipinski definition) is 4. The largest absolute Gasteiger partial charge is 1.00 e. The fraction of sp³-hybridized carbons (Fsp3) is 1.00. The van der Waals surface area contributed by atoms with Crippen molar-refractivity contribution in [1.82, 2.24) is 0 Å². The Balaban J connectivity index is -0.000000116. The van der Waals surface area contributed by atoms with Crippen molar-refractivity contribution in [2.45, 2.75) is 0 Å². The second kappa shape index (κ2) is 17.1. The van der Waals surface area contributed by atoms with Crippen LogP contribution in [0.25, 0.3) is 0 Å². The van der Waals surface area contributed by atoms with E-state index in [1.807, 2.05) is 0 Å². The molecule has 1 aliphatic rings. The second-order valence-electron chi connectivity index (χ2n) is 1.58. The van der Waals surface area contributed by atoms with E-state index in [1.54, 1.807) is 0 Å². The molecule has 0 amide bonds. The first-order chi connectivity index (χ1) is 4.41. The molecule has 1 radical (unpaired) electrons. The van der Waals surface area contributed by atoms with Crippen LogP contribution in [0.5, 0.6) is 0 Å². The Bertz CT molecular complexity index is 45.8. The van der Waals surface area contributed by atoms with Crippen molar-refractivity contribution in [2.24, 2.45) is 0 Å². The molecule has 11 heavy (non-hydrogen) atoms. The second-order valence-corrected chi connectivity index (χ2v) is 1.58. The molecule has 0 aliphatic carbocycles. The van der Waals surface area contributed by atoms with Gasteiger partial charge in [-0.25, -0.2) is 0 Å². The van der Waals surface area contributed by atoms with E-state index < -0.39 is 0 Å². The zero-order valence-electron chi connectivity index (χ0n) is 6.69. The Morgan fingerprint density at radius 3 is 1.82 bits per heavy atom. The molecule has 0 aromatic carbocycles. The standard InChI is InChI=1S/C4H9NO.BHO2.Na.H2O/c1-3-6-4-2-5-1;2-1-3;;/h5H,1-4H2;2H;;1H2/q;-1;+1;. The van der Waals surface area contributed by atoms with Crippen LogP contribution in [0.1, 0.15) is 0 Å². The van der Waals surface area contributed by atoms with E-state index in [2.05, 4.69) is 5.32 Å². The number of ether oxygens (including phenoxy) is 1. The van der Waals surface area contributed by atoms with Gasteiger partial charge in [0.05, 0.1) is 26.3 Å². The molecule has 0 aromatic rings. The summed E-state index contributed by atoms with van der Waals surface area (Å²) in [5.74, 6) is 0. The monoisotopic (exact) mass is 172 g/mol. The molecular formula is C4H12BNNaO4. The fourth-order valence-corrected chi connectivity index (χ4v) is 0.580. The van der Waals surface area contributed by atoms with Crippen molar-refractivity contribution in [3.63, 3.8) is 0 Å². The van der Waals surface area contributed by atoms with E-state index >= 15 is 0 Å². The summed E-state index contributed by atoms with van der Waals surface area (Å²) < 4.78 is 5.04. The van der Waals surface area contributed by atoms with E-state index in [9.17, 15) is 0 Å². The molecule has 1 saturated heterocycles. The van der Waals surface area contributed by atoms with Gasteiger partial charge in [0.15, 0.2) is 7.69 Å². The number of nitrogens with two attached hydrogens (primary N) is 1.